The number of carbonyl (C=O) groups is 2. The molecule has 0 saturated carbocycles. The first-order valence-electron chi connectivity index (χ1n) is 11.0. The summed E-state index contributed by atoms with van der Waals surface area (Å²) in [5.41, 5.74) is 5.43. The Morgan fingerprint density at radius 2 is 1.78 bits per heavy atom. The number of nitriles is 1. The molecule has 3 amide bonds. The molecule has 3 atom stereocenters. The molecule has 32 heavy (non-hydrogen) atoms. The molecule has 2 bridgehead atoms. The maximum Gasteiger partial charge on any atom is 0.425 e. The summed E-state index contributed by atoms with van der Waals surface area (Å²) in [7, 11) is 0. The molecule has 174 valence electrons. The number of primary amides is 1. The van der Waals surface area contributed by atoms with Crippen LogP contribution in [-0.4, -0.2) is 71.5 Å². The number of amides is 3. The van der Waals surface area contributed by atoms with Crippen LogP contribution in [0.5, 0.6) is 5.75 Å². The molecule has 2 heterocycles. The van der Waals surface area contributed by atoms with E-state index in [4.69, 9.17) is 20.5 Å². The van der Waals surface area contributed by atoms with Gasteiger partial charge in [0.05, 0.1) is 17.7 Å². The Bertz CT molecular complexity index is 847. The van der Waals surface area contributed by atoms with Gasteiger partial charge in [0.1, 0.15) is 18.0 Å². The van der Waals surface area contributed by atoms with Crippen molar-refractivity contribution in [3.8, 4) is 11.8 Å². The van der Waals surface area contributed by atoms with Gasteiger partial charge in [-0.25, -0.2) is 19.6 Å². The summed E-state index contributed by atoms with van der Waals surface area (Å²) < 4.78 is 11.6. The molecule has 2 N–H and O–H groups in total. The molecule has 3 rings (SSSR count). The lowest BCUT2D eigenvalue weighted by Gasteiger charge is -2.49. The van der Waals surface area contributed by atoms with Crippen LogP contribution in [-0.2, 0) is 4.74 Å². The molecule has 3 unspecified atom stereocenters. The topological polar surface area (TPSA) is 112 Å². The number of nitrogens with zero attached hydrogens (tertiary/aromatic N) is 4. The molecule has 2 saturated heterocycles. The zero-order valence-corrected chi connectivity index (χ0v) is 19.3. The number of rotatable bonds is 5. The van der Waals surface area contributed by atoms with Crippen LogP contribution in [0.2, 0.25) is 0 Å². The van der Waals surface area contributed by atoms with Gasteiger partial charge >= 0.3 is 12.1 Å². The molecule has 9 heteroatoms. The molecule has 0 radical (unpaired) electrons. The van der Waals surface area contributed by atoms with Gasteiger partial charge in [0.25, 0.3) is 0 Å². The van der Waals surface area contributed by atoms with Crippen LogP contribution in [0.4, 0.5) is 9.59 Å². The van der Waals surface area contributed by atoms with E-state index in [1.54, 1.807) is 34.2 Å². The Hall–Kier alpha value is -2.99. The second-order valence-electron chi connectivity index (χ2n) is 9.70. The number of hydrogen-bond acceptors (Lipinski definition) is 6. The summed E-state index contributed by atoms with van der Waals surface area (Å²) in [5.74, 6) is 1.12. The average Bonchev–Trinajstić information content (AvgIpc) is 2.70. The normalized spacial score (nSPS) is 21.9. The minimum absolute atomic E-state index is 0.242. The van der Waals surface area contributed by atoms with E-state index in [0.29, 0.717) is 37.5 Å². The largest absolute Gasteiger partial charge is 0.491 e. The highest BCUT2D eigenvalue weighted by atomic mass is 16.6. The van der Waals surface area contributed by atoms with Gasteiger partial charge in [0.2, 0.25) is 0 Å². The Morgan fingerprint density at radius 1 is 1.19 bits per heavy atom. The first-order valence-corrected chi connectivity index (χ1v) is 11.0. The first kappa shape index (κ1) is 23.7. The van der Waals surface area contributed by atoms with Crippen LogP contribution >= 0.6 is 0 Å². The van der Waals surface area contributed by atoms with Crippen molar-refractivity contribution in [2.24, 2.45) is 17.6 Å². The number of benzene rings is 1. The highest BCUT2D eigenvalue weighted by Crippen LogP contribution is 2.30. The van der Waals surface area contributed by atoms with Gasteiger partial charge in [-0.3, -0.25) is 0 Å². The average molecular weight is 444 g/mol. The number of nitrogens with two attached hydrogens (primary N) is 1. The number of urea groups is 1. The van der Waals surface area contributed by atoms with Crippen LogP contribution in [0.25, 0.3) is 0 Å². The molecule has 1 aromatic carbocycles. The third-order valence-electron chi connectivity index (χ3n) is 5.65. The van der Waals surface area contributed by atoms with Crippen molar-refractivity contribution >= 4 is 12.1 Å². The standard InChI is InChI=1S/C23H33N5O4/c1-16(15-31-20-7-5-17(10-24)6-8-20)28(22(30)32-23(2,3)4)27-13-18-9-19(14-27)12-26(11-18)21(25)29/h5-8,16,18-19H,9,11-15H2,1-4H3,(H2,25,29). The van der Waals surface area contributed by atoms with Gasteiger partial charge in [-0.1, -0.05) is 0 Å². The highest BCUT2D eigenvalue weighted by Gasteiger charge is 2.40. The molecular weight excluding hydrogens is 410 g/mol. The summed E-state index contributed by atoms with van der Waals surface area (Å²) in [5, 5.41) is 12.6. The minimum atomic E-state index is -0.628. The Morgan fingerprint density at radius 3 is 2.28 bits per heavy atom. The van der Waals surface area contributed by atoms with E-state index in [9.17, 15) is 9.59 Å². The van der Waals surface area contributed by atoms with Gasteiger partial charge in [-0.2, -0.15) is 5.26 Å². The molecule has 0 aliphatic carbocycles. The molecule has 1 aromatic rings. The fraction of sp³-hybridized carbons (Fsp3) is 0.609. The monoisotopic (exact) mass is 443 g/mol. The van der Waals surface area contributed by atoms with Crippen LogP contribution in [0.15, 0.2) is 24.3 Å². The second kappa shape index (κ2) is 9.65. The van der Waals surface area contributed by atoms with E-state index in [0.717, 1.165) is 6.42 Å². The second-order valence-corrected chi connectivity index (χ2v) is 9.70. The SMILES string of the molecule is CC(COc1ccc(C#N)cc1)N(C(=O)OC(C)(C)C)N1CC2CC(CN(C(N)=O)C2)C1. The van der Waals surface area contributed by atoms with Gasteiger partial charge in [0.15, 0.2) is 0 Å². The van der Waals surface area contributed by atoms with E-state index in [1.807, 2.05) is 32.7 Å². The number of piperidine rings is 2. The van der Waals surface area contributed by atoms with Crippen LogP contribution in [0.1, 0.15) is 39.7 Å². The molecule has 0 spiro atoms. The summed E-state index contributed by atoms with van der Waals surface area (Å²) in [6, 6.07) is 8.29. The Labute approximate surface area is 189 Å². The predicted molar refractivity (Wildman–Crippen MR) is 119 cm³/mol. The predicted octanol–water partition coefficient (Wildman–Crippen LogP) is 2.81. The number of hydrogen-bond donors (Lipinski definition) is 1. The van der Waals surface area contributed by atoms with Gasteiger partial charge in [-0.15, -0.1) is 0 Å². The van der Waals surface area contributed by atoms with E-state index >= 15 is 0 Å². The van der Waals surface area contributed by atoms with E-state index in [2.05, 4.69) is 6.07 Å². The van der Waals surface area contributed by atoms with Crippen molar-refractivity contribution in [1.82, 2.24) is 14.9 Å². The molecule has 0 aromatic heterocycles. The van der Waals surface area contributed by atoms with Crippen molar-refractivity contribution in [2.75, 3.05) is 32.8 Å². The summed E-state index contributed by atoms with van der Waals surface area (Å²) in [6.07, 6.45) is 0.596. The van der Waals surface area contributed by atoms with Crippen LogP contribution < -0.4 is 10.5 Å². The smallest absolute Gasteiger partial charge is 0.425 e. The number of carbonyl (C=O) groups excluding carboxylic acids is 2. The number of fused-ring (bicyclic) bond motifs is 2. The summed E-state index contributed by atoms with van der Waals surface area (Å²) >= 11 is 0. The van der Waals surface area contributed by atoms with Crippen molar-refractivity contribution in [2.45, 2.75) is 45.8 Å². The molecule has 9 nitrogen and oxygen atoms in total. The molecule has 2 aliphatic heterocycles. The fourth-order valence-electron chi connectivity index (χ4n) is 4.41. The van der Waals surface area contributed by atoms with Gasteiger partial charge in [0, 0.05) is 26.2 Å². The lowest BCUT2D eigenvalue weighted by atomic mass is 9.85. The summed E-state index contributed by atoms with van der Waals surface area (Å²) in [4.78, 5) is 26.5. The van der Waals surface area contributed by atoms with Gasteiger partial charge in [-0.05, 0) is 70.2 Å². The molecule has 2 aliphatic rings. The Kier molecular flexibility index (Phi) is 7.14. The fourth-order valence-corrected chi connectivity index (χ4v) is 4.41. The van der Waals surface area contributed by atoms with E-state index in [1.165, 1.54) is 0 Å². The number of hydrazine groups is 1. The van der Waals surface area contributed by atoms with Crippen molar-refractivity contribution in [3.63, 3.8) is 0 Å². The third-order valence-corrected chi connectivity index (χ3v) is 5.65. The van der Waals surface area contributed by atoms with Crippen molar-refractivity contribution in [1.29, 1.82) is 5.26 Å². The maximum atomic E-state index is 13.2. The van der Waals surface area contributed by atoms with Crippen molar-refractivity contribution < 1.29 is 19.1 Å². The molecule has 2 fully saturated rings. The van der Waals surface area contributed by atoms with E-state index < -0.39 is 11.7 Å². The minimum Gasteiger partial charge on any atom is -0.491 e. The third kappa shape index (κ3) is 6.04. The zero-order chi connectivity index (χ0) is 23.5. The maximum absolute atomic E-state index is 13.2. The highest BCUT2D eigenvalue weighted by molar-refractivity contribution is 5.72. The molecular formula is C23H33N5O4. The first-order chi connectivity index (χ1) is 15.1. The van der Waals surface area contributed by atoms with Gasteiger partial charge < -0.3 is 20.1 Å². The van der Waals surface area contributed by atoms with Crippen LogP contribution in [0.3, 0.4) is 0 Å². The Balaban J connectivity index is 1.72. The lowest BCUT2D eigenvalue weighted by Crippen LogP contribution is -2.62. The quantitative estimate of drug-likeness (QED) is 0.749. The van der Waals surface area contributed by atoms with E-state index in [-0.39, 0.29) is 30.5 Å². The number of ether oxygens (including phenoxy) is 2. The lowest BCUT2D eigenvalue weighted by molar-refractivity contribution is -0.113. The van der Waals surface area contributed by atoms with Crippen molar-refractivity contribution in [3.05, 3.63) is 29.8 Å². The summed E-state index contributed by atoms with van der Waals surface area (Å²) in [6.45, 7) is 10.2. The number of likely N-dealkylation sites (tertiary alicyclic amines) is 1. The zero-order valence-electron chi connectivity index (χ0n) is 19.3. The van der Waals surface area contributed by atoms with Crippen LogP contribution in [0, 0.1) is 23.2 Å².